The van der Waals surface area contributed by atoms with Gasteiger partial charge in [-0.3, -0.25) is 9.78 Å². The normalized spacial score (nSPS) is 15.2. The Morgan fingerprint density at radius 2 is 1.92 bits per heavy atom. The maximum Gasteiger partial charge on any atom is 0.252 e. The van der Waals surface area contributed by atoms with Crippen LogP contribution in [0.2, 0.25) is 0 Å². The SMILES string of the molecule is Cc1cccc(-c2ccccc2C2=C/C(=C(/C=N)C(N)=O)NC=C2)n1. The van der Waals surface area contributed by atoms with Crippen LogP contribution in [0, 0.1) is 12.3 Å². The van der Waals surface area contributed by atoms with E-state index in [-0.39, 0.29) is 5.57 Å². The molecule has 1 aliphatic rings. The molecule has 124 valence electrons. The van der Waals surface area contributed by atoms with Crippen molar-refractivity contribution in [3.8, 4) is 11.3 Å². The van der Waals surface area contributed by atoms with Crippen LogP contribution >= 0.6 is 0 Å². The fourth-order valence-corrected chi connectivity index (χ4v) is 2.72. The van der Waals surface area contributed by atoms with Gasteiger partial charge in [-0.05, 0) is 42.3 Å². The van der Waals surface area contributed by atoms with Crippen LogP contribution in [-0.4, -0.2) is 17.1 Å². The molecular weight excluding hydrogens is 312 g/mol. The molecule has 0 fully saturated rings. The Hall–Kier alpha value is -3.47. The lowest BCUT2D eigenvalue weighted by atomic mass is 9.94. The van der Waals surface area contributed by atoms with E-state index in [4.69, 9.17) is 11.1 Å². The highest BCUT2D eigenvalue weighted by molar-refractivity contribution is 6.12. The van der Waals surface area contributed by atoms with Crippen LogP contribution in [0.1, 0.15) is 11.3 Å². The van der Waals surface area contributed by atoms with Gasteiger partial charge in [0.05, 0.1) is 17.0 Å². The zero-order valence-corrected chi connectivity index (χ0v) is 13.8. The summed E-state index contributed by atoms with van der Waals surface area (Å²) in [6, 6.07) is 13.9. The van der Waals surface area contributed by atoms with Crippen molar-refractivity contribution >= 4 is 17.7 Å². The maximum atomic E-state index is 11.5. The number of primary amides is 1. The highest BCUT2D eigenvalue weighted by Gasteiger charge is 2.14. The number of nitrogens with two attached hydrogens (primary N) is 1. The third-order valence-corrected chi connectivity index (χ3v) is 3.90. The average molecular weight is 330 g/mol. The maximum absolute atomic E-state index is 11.5. The van der Waals surface area contributed by atoms with Gasteiger partial charge in [-0.15, -0.1) is 0 Å². The summed E-state index contributed by atoms with van der Waals surface area (Å²) < 4.78 is 0. The number of amides is 1. The molecule has 1 aliphatic heterocycles. The minimum Gasteiger partial charge on any atom is -0.365 e. The number of pyridine rings is 1. The van der Waals surface area contributed by atoms with Gasteiger partial charge in [-0.2, -0.15) is 0 Å². The Morgan fingerprint density at radius 1 is 1.16 bits per heavy atom. The number of nitrogens with one attached hydrogen (secondary N) is 2. The van der Waals surface area contributed by atoms with Crippen molar-refractivity contribution in [3.63, 3.8) is 0 Å². The van der Waals surface area contributed by atoms with E-state index in [2.05, 4.69) is 10.3 Å². The molecule has 1 aromatic heterocycles. The Morgan fingerprint density at radius 3 is 2.60 bits per heavy atom. The minimum atomic E-state index is -0.642. The number of aromatic nitrogens is 1. The summed E-state index contributed by atoms with van der Waals surface area (Å²) in [6.07, 6.45) is 6.43. The van der Waals surface area contributed by atoms with E-state index < -0.39 is 5.91 Å². The fourth-order valence-electron chi connectivity index (χ4n) is 2.72. The quantitative estimate of drug-likeness (QED) is 0.594. The molecule has 0 saturated heterocycles. The van der Waals surface area contributed by atoms with Gasteiger partial charge >= 0.3 is 0 Å². The van der Waals surface area contributed by atoms with Crippen molar-refractivity contribution in [1.29, 1.82) is 5.41 Å². The highest BCUT2D eigenvalue weighted by atomic mass is 16.1. The standard InChI is InChI=1S/C20H18N4O/c1-13-5-4-8-18(24-13)16-7-3-2-6-15(16)14-9-10-23-19(11-14)17(12-21)20(22)25/h2-12,21,23H,1H3,(H2,22,25)/b19-17+,21-12?. The van der Waals surface area contributed by atoms with E-state index >= 15 is 0 Å². The minimum absolute atomic E-state index is 0.132. The van der Waals surface area contributed by atoms with Crippen LogP contribution in [0.4, 0.5) is 0 Å². The van der Waals surface area contributed by atoms with Crippen LogP contribution in [0.15, 0.2) is 72.1 Å². The summed E-state index contributed by atoms with van der Waals surface area (Å²) in [7, 11) is 0. The predicted octanol–water partition coefficient (Wildman–Crippen LogP) is 2.95. The molecular formula is C20H18N4O. The zero-order valence-electron chi connectivity index (χ0n) is 13.8. The number of rotatable bonds is 4. The lowest BCUT2D eigenvalue weighted by Crippen LogP contribution is -2.21. The summed E-state index contributed by atoms with van der Waals surface area (Å²) in [6.45, 7) is 1.96. The molecule has 4 N–H and O–H groups in total. The molecule has 0 aliphatic carbocycles. The van der Waals surface area contributed by atoms with Crippen LogP contribution in [0.25, 0.3) is 16.8 Å². The Bertz CT molecular complexity index is 938. The van der Waals surface area contributed by atoms with Crippen molar-refractivity contribution < 1.29 is 4.79 Å². The lowest BCUT2D eigenvalue weighted by molar-refractivity contribution is -0.114. The number of aryl methyl sites for hydroxylation is 1. The second-order valence-corrected chi connectivity index (χ2v) is 5.62. The van der Waals surface area contributed by atoms with E-state index in [0.717, 1.165) is 34.3 Å². The number of hydrogen-bond acceptors (Lipinski definition) is 4. The van der Waals surface area contributed by atoms with Crippen molar-refractivity contribution in [2.75, 3.05) is 0 Å². The van der Waals surface area contributed by atoms with Gasteiger partial charge < -0.3 is 16.5 Å². The van der Waals surface area contributed by atoms with E-state index in [1.54, 1.807) is 6.20 Å². The summed E-state index contributed by atoms with van der Waals surface area (Å²) >= 11 is 0. The van der Waals surface area contributed by atoms with E-state index in [9.17, 15) is 4.79 Å². The molecule has 1 amide bonds. The first-order valence-electron chi connectivity index (χ1n) is 7.83. The van der Waals surface area contributed by atoms with E-state index in [0.29, 0.717) is 5.70 Å². The van der Waals surface area contributed by atoms with Gasteiger partial charge in [0, 0.05) is 23.7 Å². The van der Waals surface area contributed by atoms with Gasteiger partial charge in [0.2, 0.25) is 0 Å². The number of nitrogens with zero attached hydrogens (tertiary/aromatic N) is 1. The van der Waals surface area contributed by atoms with Crippen LogP contribution < -0.4 is 11.1 Å². The average Bonchev–Trinajstić information content (AvgIpc) is 2.62. The van der Waals surface area contributed by atoms with Gasteiger partial charge in [0.15, 0.2) is 0 Å². The van der Waals surface area contributed by atoms with Crippen LogP contribution in [0.3, 0.4) is 0 Å². The molecule has 2 heterocycles. The molecule has 0 radical (unpaired) electrons. The van der Waals surface area contributed by atoms with Gasteiger partial charge in [-0.25, -0.2) is 0 Å². The van der Waals surface area contributed by atoms with E-state index in [1.807, 2.05) is 61.5 Å². The van der Waals surface area contributed by atoms with Gasteiger partial charge in [0.25, 0.3) is 5.91 Å². The molecule has 5 nitrogen and oxygen atoms in total. The first kappa shape index (κ1) is 16.4. The second-order valence-electron chi connectivity index (χ2n) is 5.62. The van der Waals surface area contributed by atoms with Gasteiger partial charge in [0.1, 0.15) is 0 Å². The topological polar surface area (TPSA) is 91.9 Å². The predicted molar refractivity (Wildman–Crippen MR) is 99.7 cm³/mol. The number of benzene rings is 1. The Kier molecular flexibility index (Phi) is 4.57. The molecule has 1 aromatic carbocycles. The molecule has 0 unspecified atom stereocenters. The summed E-state index contributed by atoms with van der Waals surface area (Å²) in [5.74, 6) is -0.642. The Balaban J connectivity index is 2.14. The molecule has 0 spiro atoms. The van der Waals surface area contributed by atoms with Crippen molar-refractivity contribution in [3.05, 3.63) is 83.3 Å². The molecule has 3 rings (SSSR count). The Labute approximate surface area is 146 Å². The third kappa shape index (κ3) is 3.40. The first-order valence-corrected chi connectivity index (χ1v) is 7.83. The lowest BCUT2D eigenvalue weighted by Gasteiger charge is -2.16. The number of carbonyl (C=O) groups is 1. The van der Waals surface area contributed by atoms with Crippen molar-refractivity contribution in [1.82, 2.24) is 10.3 Å². The molecule has 25 heavy (non-hydrogen) atoms. The molecule has 5 heteroatoms. The monoisotopic (exact) mass is 330 g/mol. The molecule has 0 bridgehead atoms. The van der Waals surface area contributed by atoms with Crippen LogP contribution in [-0.2, 0) is 4.79 Å². The summed E-state index contributed by atoms with van der Waals surface area (Å²) in [5, 5.41) is 10.4. The second kappa shape index (κ2) is 6.97. The van der Waals surface area contributed by atoms with Gasteiger partial charge in [-0.1, -0.05) is 30.3 Å². The fraction of sp³-hybridized carbons (Fsp3) is 0.0500. The molecule has 0 saturated carbocycles. The molecule has 2 aromatic rings. The van der Waals surface area contributed by atoms with Crippen molar-refractivity contribution in [2.45, 2.75) is 6.92 Å². The molecule has 0 atom stereocenters. The highest BCUT2D eigenvalue weighted by Crippen LogP contribution is 2.30. The first-order chi connectivity index (χ1) is 12.1. The van der Waals surface area contributed by atoms with E-state index in [1.165, 1.54) is 0 Å². The number of carbonyl (C=O) groups excluding carboxylic acids is 1. The largest absolute Gasteiger partial charge is 0.365 e. The summed E-state index contributed by atoms with van der Waals surface area (Å²) in [4.78, 5) is 16.1. The number of allylic oxidation sites excluding steroid dienone is 3. The smallest absolute Gasteiger partial charge is 0.252 e. The number of dihydropyridines is 1. The number of hydrogen-bond donors (Lipinski definition) is 3. The third-order valence-electron chi connectivity index (χ3n) is 3.90. The summed E-state index contributed by atoms with van der Waals surface area (Å²) in [5.41, 5.74) is 10.7. The zero-order chi connectivity index (χ0) is 17.8. The van der Waals surface area contributed by atoms with Crippen molar-refractivity contribution in [2.24, 2.45) is 5.73 Å². The van der Waals surface area contributed by atoms with Crippen LogP contribution in [0.5, 0.6) is 0 Å².